The monoisotopic (exact) mass is 316 g/mol. The summed E-state index contributed by atoms with van der Waals surface area (Å²) >= 11 is 0. The second-order valence-corrected chi connectivity index (χ2v) is 5.48. The molecule has 0 rings (SSSR count). The van der Waals surface area contributed by atoms with Crippen LogP contribution in [-0.4, -0.2) is 62.0 Å². The number of hydrogen-bond acceptors (Lipinski definition) is 6. The van der Waals surface area contributed by atoms with E-state index in [4.69, 9.17) is 22.9 Å². The molecule has 2 atom stereocenters. The zero-order chi connectivity index (χ0) is 17.0. The third-order valence-electron chi connectivity index (χ3n) is 3.44. The van der Waals surface area contributed by atoms with Gasteiger partial charge in [0.25, 0.3) is 0 Å². The Hall–Kier alpha value is -1.22. The Bertz CT molecular complexity index is 326. The van der Waals surface area contributed by atoms with Crippen LogP contribution in [0, 0.1) is 0 Å². The van der Waals surface area contributed by atoms with E-state index in [0.29, 0.717) is 45.4 Å². The summed E-state index contributed by atoms with van der Waals surface area (Å²) in [6.45, 7) is 2.07. The molecule has 0 spiro atoms. The molecule has 0 aromatic heterocycles. The van der Waals surface area contributed by atoms with Crippen LogP contribution >= 0.6 is 0 Å². The van der Waals surface area contributed by atoms with E-state index in [2.05, 4.69) is 5.32 Å². The van der Waals surface area contributed by atoms with Gasteiger partial charge in [-0.3, -0.25) is 9.59 Å². The Morgan fingerprint density at radius 3 is 2.09 bits per heavy atom. The Morgan fingerprint density at radius 2 is 1.55 bits per heavy atom. The molecule has 0 aliphatic heterocycles. The van der Waals surface area contributed by atoms with Crippen LogP contribution in [0.3, 0.4) is 0 Å². The van der Waals surface area contributed by atoms with Crippen molar-refractivity contribution in [1.82, 2.24) is 10.2 Å². The summed E-state index contributed by atoms with van der Waals surface area (Å²) in [4.78, 5) is 25.2. The van der Waals surface area contributed by atoms with Gasteiger partial charge in [-0.2, -0.15) is 0 Å². The minimum atomic E-state index is -0.521. The highest BCUT2D eigenvalue weighted by Gasteiger charge is 2.17. The second-order valence-electron chi connectivity index (χ2n) is 5.48. The molecule has 22 heavy (non-hydrogen) atoms. The molecule has 0 bridgehead atoms. The number of nitrogens with one attached hydrogen (secondary N) is 1. The van der Waals surface area contributed by atoms with E-state index < -0.39 is 12.1 Å². The molecule has 0 aliphatic carbocycles. The number of amides is 2. The van der Waals surface area contributed by atoms with Crippen LogP contribution in [0.4, 0.5) is 0 Å². The molecular weight excluding hydrogens is 284 g/mol. The van der Waals surface area contributed by atoms with Crippen molar-refractivity contribution in [1.29, 1.82) is 0 Å². The average Bonchev–Trinajstić information content (AvgIpc) is 2.52. The van der Waals surface area contributed by atoms with E-state index >= 15 is 0 Å². The van der Waals surface area contributed by atoms with Gasteiger partial charge in [-0.15, -0.1) is 0 Å². The lowest BCUT2D eigenvalue weighted by Gasteiger charge is -2.21. The minimum absolute atomic E-state index is 0.0978. The highest BCUT2D eigenvalue weighted by Crippen LogP contribution is 1.99. The quantitative estimate of drug-likeness (QED) is 0.265. The van der Waals surface area contributed by atoms with Crippen molar-refractivity contribution in [3.05, 3.63) is 0 Å². The van der Waals surface area contributed by atoms with Crippen LogP contribution in [0.25, 0.3) is 0 Å². The van der Waals surface area contributed by atoms with Gasteiger partial charge < -0.3 is 33.2 Å². The second kappa shape index (κ2) is 12.3. The predicted octanol–water partition coefficient (Wildman–Crippen LogP) is -1.92. The average molecular weight is 316 g/mol. The first kappa shape index (κ1) is 20.8. The summed E-state index contributed by atoms with van der Waals surface area (Å²) in [7, 11) is 1.71. The van der Waals surface area contributed by atoms with Crippen molar-refractivity contribution in [2.24, 2.45) is 22.9 Å². The molecule has 0 saturated heterocycles. The molecule has 0 aromatic rings. The Morgan fingerprint density at radius 1 is 1.00 bits per heavy atom. The number of carbonyl (C=O) groups excluding carboxylic acids is 2. The Labute approximate surface area is 132 Å². The molecule has 0 radical (unpaired) electrons. The summed E-state index contributed by atoms with van der Waals surface area (Å²) in [6.07, 6.45) is 3.29. The molecule has 130 valence electrons. The number of carbonyl (C=O) groups is 2. The molecule has 0 fully saturated rings. The standard InChI is InChI=1S/C14H32N6O2/c1-20(14(22)12(18)6-3-8-16)10-4-9-19-13(21)11(17)5-2-7-15/h11-12H,2-10,15-18H2,1H3,(H,19,21). The van der Waals surface area contributed by atoms with Gasteiger partial charge in [0.05, 0.1) is 12.1 Å². The molecule has 8 nitrogen and oxygen atoms in total. The largest absolute Gasteiger partial charge is 0.355 e. The van der Waals surface area contributed by atoms with Crippen LogP contribution in [-0.2, 0) is 9.59 Å². The highest BCUT2D eigenvalue weighted by molar-refractivity contribution is 5.82. The molecular formula is C14H32N6O2. The lowest BCUT2D eigenvalue weighted by atomic mass is 10.1. The third-order valence-corrected chi connectivity index (χ3v) is 3.44. The van der Waals surface area contributed by atoms with E-state index in [-0.39, 0.29) is 11.8 Å². The van der Waals surface area contributed by atoms with Crippen molar-refractivity contribution in [2.75, 3.05) is 33.2 Å². The lowest BCUT2D eigenvalue weighted by Crippen LogP contribution is -2.44. The van der Waals surface area contributed by atoms with Gasteiger partial charge >= 0.3 is 0 Å². The van der Waals surface area contributed by atoms with Gasteiger partial charge in [0.15, 0.2) is 0 Å². The van der Waals surface area contributed by atoms with E-state index in [1.165, 1.54) is 0 Å². The van der Waals surface area contributed by atoms with Crippen LogP contribution in [0.5, 0.6) is 0 Å². The summed E-state index contributed by atoms with van der Waals surface area (Å²) in [5, 5.41) is 2.76. The van der Waals surface area contributed by atoms with Gasteiger partial charge in [0, 0.05) is 20.1 Å². The fourth-order valence-corrected chi connectivity index (χ4v) is 1.98. The molecule has 2 unspecified atom stereocenters. The third kappa shape index (κ3) is 8.93. The van der Waals surface area contributed by atoms with Crippen molar-refractivity contribution < 1.29 is 9.59 Å². The number of hydrogen-bond donors (Lipinski definition) is 5. The molecule has 9 N–H and O–H groups in total. The topological polar surface area (TPSA) is 153 Å². The van der Waals surface area contributed by atoms with Crippen LogP contribution in [0.2, 0.25) is 0 Å². The SMILES string of the molecule is CN(CCCNC(=O)C(N)CCCN)C(=O)C(N)CCCN. The number of likely N-dealkylation sites (N-methyl/N-ethyl adjacent to an activating group) is 1. The molecule has 0 heterocycles. The summed E-state index contributed by atoms with van der Waals surface area (Å²) in [6, 6.07) is -1.03. The highest BCUT2D eigenvalue weighted by atomic mass is 16.2. The fourth-order valence-electron chi connectivity index (χ4n) is 1.98. The van der Waals surface area contributed by atoms with Crippen LogP contribution < -0.4 is 28.3 Å². The smallest absolute Gasteiger partial charge is 0.239 e. The van der Waals surface area contributed by atoms with Crippen LogP contribution in [0.15, 0.2) is 0 Å². The maximum atomic E-state index is 11.9. The van der Waals surface area contributed by atoms with E-state index in [1.54, 1.807) is 11.9 Å². The summed E-state index contributed by atoms with van der Waals surface area (Å²) in [5.74, 6) is -0.276. The van der Waals surface area contributed by atoms with Gasteiger partial charge in [0.1, 0.15) is 0 Å². The Balaban J connectivity index is 3.85. The Kier molecular flexibility index (Phi) is 11.7. The number of nitrogens with two attached hydrogens (primary N) is 4. The van der Waals surface area contributed by atoms with Crippen molar-refractivity contribution >= 4 is 11.8 Å². The van der Waals surface area contributed by atoms with Gasteiger partial charge in [-0.1, -0.05) is 0 Å². The lowest BCUT2D eigenvalue weighted by molar-refractivity contribution is -0.131. The van der Waals surface area contributed by atoms with Gasteiger partial charge in [-0.25, -0.2) is 0 Å². The zero-order valence-corrected chi connectivity index (χ0v) is 13.6. The van der Waals surface area contributed by atoms with Gasteiger partial charge in [0.2, 0.25) is 11.8 Å². The number of nitrogens with zero attached hydrogens (tertiary/aromatic N) is 1. The molecule has 0 saturated carbocycles. The van der Waals surface area contributed by atoms with Crippen molar-refractivity contribution in [3.8, 4) is 0 Å². The van der Waals surface area contributed by atoms with Crippen molar-refractivity contribution in [3.63, 3.8) is 0 Å². The first-order valence-corrected chi connectivity index (χ1v) is 7.88. The summed E-state index contributed by atoms with van der Waals surface area (Å²) in [5.41, 5.74) is 22.3. The molecule has 0 aromatic carbocycles. The maximum Gasteiger partial charge on any atom is 0.239 e. The van der Waals surface area contributed by atoms with E-state index in [9.17, 15) is 9.59 Å². The van der Waals surface area contributed by atoms with Crippen molar-refractivity contribution in [2.45, 2.75) is 44.2 Å². The van der Waals surface area contributed by atoms with Crippen LogP contribution in [0.1, 0.15) is 32.1 Å². The number of rotatable bonds is 12. The molecule has 8 heteroatoms. The zero-order valence-electron chi connectivity index (χ0n) is 13.6. The fraction of sp³-hybridized carbons (Fsp3) is 0.857. The molecule has 2 amide bonds. The maximum absolute atomic E-state index is 11.9. The summed E-state index contributed by atoms with van der Waals surface area (Å²) < 4.78 is 0. The predicted molar refractivity (Wildman–Crippen MR) is 87.8 cm³/mol. The van der Waals surface area contributed by atoms with E-state index in [1.807, 2.05) is 0 Å². The first-order chi connectivity index (χ1) is 10.4. The van der Waals surface area contributed by atoms with E-state index in [0.717, 1.165) is 12.8 Å². The van der Waals surface area contributed by atoms with Gasteiger partial charge in [-0.05, 0) is 45.2 Å². The minimum Gasteiger partial charge on any atom is -0.355 e. The normalized spacial score (nSPS) is 13.5. The molecule has 0 aliphatic rings. The first-order valence-electron chi connectivity index (χ1n) is 7.88.